The molecule has 1 heterocycles. The van der Waals surface area contributed by atoms with Gasteiger partial charge >= 0.3 is 0 Å². The monoisotopic (exact) mass is 339 g/mol. The summed E-state index contributed by atoms with van der Waals surface area (Å²) in [5.74, 6) is 5.72. The first-order valence-electron chi connectivity index (χ1n) is 6.16. The van der Waals surface area contributed by atoms with Crippen LogP contribution in [-0.4, -0.2) is 4.98 Å². The van der Waals surface area contributed by atoms with Crippen LogP contribution in [0.1, 0.15) is 32.7 Å². The average molecular weight is 340 g/mol. The normalized spacial score (nSPS) is 12.7. The Bertz CT molecular complexity index is 561. The molecule has 3 N–H and O–H groups in total. The Kier molecular flexibility index (Phi) is 4.73. The van der Waals surface area contributed by atoms with Gasteiger partial charge in [-0.3, -0.25) is 11.3 Å². The highest BCUT2D eigenvalue weighted by Crippen LogP contribution is 2.28. The van der Waals surface area contributed by atoms with E-state index in [1.54, 1.807) is 11.3 Å². The number of benzene rings is 1. The zero-order valence-electron chi connectivity index (χ0n) is 11.3. The number of aryl methyl sites for hydroxylation is 3. The molecule has 1 aromatic heterocycles. The molecule has 0 spiro atoms. The number of aromatic nitrogens is 1. The van der Waals surface area contributed by atoms with E-state index in [0.717, 1.165) is 21.6 Å². The molecule has 0 aliphatic heterocycles. The molecule has 2 rings (SSSR count). The molecule has 0 aliphatic rings. The fourth-order valence-corrected chi connectivity index (χ4v) is 3.49. The van der Waals surface area contributed by atoms with Crippen LogP contribution in [0.15, 0.2) is 22.7 Å². The highest BCUT2D eigenvalue weighted by molar-refractivity contribution is 9.10. The molecule has 102 valence electrons. The maximum atomic E-state index is 5.72. The summed E-state index contributed by atoms with van der Waals surface area (Å²) < 4.78 is 1.08. The van der Waals surface area contributed by atoms with Crippen molar-refractivity contribution in [1.82, 2.24) is 10.4 Å². The first kappa shape index (κ1) is 14.7. The predicted octanol–water partition coefficient (Wildman–Crippen LogP) is 3.58. The van der Waals surface area contributed by atoms with Crippen LogP contribution in [0.3, 0.4) is 0 Å². The third-order valence-corrected chi connectivity index (χ3v) is 5.00. The van der Waals surface area contributed by atoms with Gasteiger partial charge < -0.3 is 0 Å². The summed E-state index contributed by atoms with van der Waals surface area (Å²) in [6.45, 7) is 6.23. The van der Waals surface area contributed by atoms with Gasteiger partial charge in [-0.25, -0.2) is 4.98 Å². The molecular weight excluding hydrogens is 322 g/mol. The van der Waals surface area contributed by atoms with Crippen LogP contribution in [0.5, 0.6) is 0 Å². The Labute approximate surface area is 126 Å². The third-order valence-electron chi connectivity index (χ3n) is 3.18. The number of hydrazine groups is 1. The standard InChI is InChI=1S/C14H18BrN3S/c1-8-4-5-12(15)11(6-8)13(18-16)7-14-17-9(2)10(3)19-14/h4-6,13,18H,7,16H2,1-3H3. The van der Waals surface area contributed by atoms with Gasteiger partial charge in [0.15, 0.2) is 0 Å². The van der Waals surface area contributed by atoms with Crippen molar-refractivity contribution in [2.75, 3.05) is 0 Å². The Morgan fingerprint density at radius 3 is 2.68 bits per heavy atom. The summed E-state index contributed by atoms with van der Waals surface area (Å²) in [5, 5.41) is 1.12. The van der Waals surface area contributed by atoms with Gasteiger partial charge in [0.1, 0.15) is 0 Å². The second-order valence-corrected chi connectivity index (χ2v) is 6.84. The molecule has 0 fully saturated rings. The molecule has 1 unspecified atom stereocenters. The molecule has 0 aliphatic carbocycles. The number of thiazole rings is 1. The van der Waals surface area contributed by atoms with Crippen molar-refractivity contribution in [1.29, 1.82) is 0 Å². The van der Waals surface area contributed by atoms with Crippen molar-refractivity contribution in [3.63, 3.8) is 0 Å². The maximum Gasteiger partial charge on any atom is 0.0950 e. The lowest BCUT2D eigenvalue weighted by Gasteiger charge is -2.17. The Hall–Kier alpha value is -0.750. The molecule has 19 heavy (non-hydrogen) atoms. The van der Waals surface area contributed by atoms with Crippen molar-refractivity contribution >= 4 is 27.3 Å². The van der Waals surface area contributed by atoms with E-state index < -0.39 is 0 Å². The summed E-state index contributed by atoms with van der Waals surface area (Å²) in [5.41, 5.74) is 6.41. The largest absolute Gasteiger partial charge is 0.271 e. The topological polar surface area (TPSA) is 50.9 Å². The minimum absolute atomic E-state index is 0.0687. The van der Waals surface area contributed by atoms with Gasteiger partial charge in [0.25, 0.3) is 0 Å². The SMILES string of the molecule is Cc1ccc(Br)c(C(Cc2nc(C)c(C)s2)NN)c1. The van der Waals surface area contributed by atoms with E-state index in [1.165, 1.54) is 16.0 Å². The maximum absolute atomic E-state index is 5.72. The first-order valence-corrected chi connectivity index (χ1v) is 7.77. The van der Waals surface area contributed by atoms with E-state index in [0.29, 0.717) is 0 Å². The molecule has 3 nitrogen and oxygen atoms in total. The molecule has 1 aromatic carbocycles. The molecule has 0 bridgehead atoms. The molecular formula is C14H18BrN3S. The summed E-state index contributed by atoms with van der Waals surface area (Å²) in [6.07, 6.45) is 0.803. The minimum Gasteiger partial charge on any atom is -0.271 e. The van der Waals surface area contributed by atoms with Crippen molar-refractivity contribution in [3.05, 3.63) is 49.4 Å². The van der Waals surface area contributed by atoms with Gasteiger partial charge in [0, 0.05) is 15.8 Å². The van der Waals surface area contributed by atoms with E-state index in [9.17, 15) is 0 Å². The fraction of sp³-hybridized carbons (Fsp3) is 0.357. The Balaban J connectivity index is 2.27. The minimum atomic E-state index is 0.0687. The van der Waals surface area contributed by atoms with E-state index in [4.69, 9.17) is 5.84 Å². The molecule has 0 saturated heterocycles. The van der Waals surface area contributed by atoms with Crippen molar-refractivity contribution in [2.45, 2.75) is 33.2 Å². The smallest absolute Gasteiger partial charge is 0.0950 e. The van der Waals surface area contributed by atoms with Gasteiger partial charge in [-0.05, 0) is 32.4 Å². The van der Waals surface area contributed by atoms with E-state index in [-0.39, 0.29) is 6.04 Å². The van der Waals surface area contributed by atoms with Crippen LogP contribution in [-0.2, 0) is 6.42 Å². The van der Waals surface area contributed by atoms with Gasteiger partial charge in [0.2, 0.25) is 0 Å². The summed E-state index contributed by atoms with van der Waals surface area (Å²) in [7, 11) is 0. The second-order valence-electron chi connectivity index (χ2n) is 4.70. The summed E-state index contributed by atoms with van der Waals surface area (Å²) >= 11 is 5.33. The Morgan fingerprint density at radius 2 is 2.11 bits per heavy atom. The second kappa shape index (κ2) is 6.13. The first-order chi connectivity index (χ1) is 9.01. The van der Waals surface area contributed by atoms with Gasteiger partial charge in [-0.15, -0.1) is 11.3 Å². The lowest BCUT2D eigenvalue weighted by molar-refractivity contribution is 0.548. The van der Waals surface area contributed by atoms with E-state index in [1.807, 2.05) is 6.92 Å². The lowest BCUT2D eigenvalue weighted by Crippen LogP contribution is -2.29. The summed E-state index contributed by atoms with van der Waals surface area (Å²) in [4.78, 5) is 5.86. The summed E-state index contributed by atoms with van der Waals surface area (Å²) in [6, 6.07) is 6.37. The zero-order chi connectivity index (χ0) is 14.0. The quantitative estimate of drug-likeness (QED) is 0.661. The number of hydrogen-bond donors (Lipinski definition) is 2. The van der Waals surface area contributed by atoms with Crippen molar-refractivity contribution in [3.8, 4) is 0 Å². The van der Waals surface area contributed by atoms with Crippen molar-refractivity contribution in [2.24, 2.45) is 5.84 Å². The molecule has 2 aromatic rings. The number of nitrogens with zero attached hydrogens (tertiary/aromatic N) is 1. The van der Waals surface area contributed by atoms with Crippen LogP contribution < -0.4 is 11.3 Å². The third kappa shape index (κ3) is 3.42. The highest BCUT2D eigenvalue weighted by Gasteiger charge is 2.16. The molecule has 0 saturated carbocycles. The van der Waals surface area contributed by atoms with Crippen molar-refractivity contribution < 1.29 is 0 Å². The van der Waals surface area contributed by atoms with Crippen LogP contribution in [0.4, 0.5) is 0 Å². The average Bonchev–Trinajstić information content (AvgIpc) is 2.69. The van der Waals surface area contributed by atoms with Gasteiger partial charge in [0.05, 0.1) is 16.7 Å². The molecule has 0 radical (unpaired) electrons. The van der Waals surface area contributed by atoms with E-state index >= 15 is 0 Å². The van der Waals surface area contributed by atoms with Crippen LogP contribution in [0, 0.1) is 20.8 Å². The van der Waals surface area contributed by atoms with Gasteiger partial charge in [-0.2, -0.15) is 0 Å². The number of nitrogens with one attached hydrogen (secondary N) is 1. The number of nitrogens with two attached hydrogens (primary N) is 1. The zero-order valence-corrected chi connectivity index (χ0v) is 13.7. The predicted molar refractivity (Wildman–Crippen MR) is 84.2 cm³/mol. The van der Waals surface area contributed by atoms with Crippen LogP contribution >= 0.6 is 27.3 Å². The fourth-order valence-electron chi connectivity index (χ4n) is 1.99. The molecule has 5 heteroatoms. The number of hydrogen-bond acceptors (Lipinski definition) is 4. The van der Waals surface area contributed by atoms with E-state index in [2.05, 4.69) is 58.4 Å². The Morgan fingerprint density at radius 1 is 1.37 bits per heavy atom. The molecule has 0 amide bonds. The molecule has 1 atom stereocenters. The highest BCUT2D eigenvalue weighted by atomic mass is 79.9. The van der Waals surface area contributed by atoms with Crippen LogP contribution in [0.25, 0.3) is 0 Å². The number of halogens is 1. The van der Waals surface area contributed by atoms with Crippen LogP contribution in [0.2, 0.25) is 0 Å². The lowest BCUT2D eigenvalue weighted by atomic mass is 10.0. The van der Waals surface area contributed by atoms with Gasteiger partial charge in [-0.1, -0.05) is 33.6 Å². The number of rotatable bonds is 4.